The van der Waals surface area contributed by atoms with Crippen LogP contribution in [0.1, 0.15) is 5.82 Å². The summed E-state index contributed by atoms with van der Waals surface area (Å²) in [6, 6.07) is 3.55. The number of benzene rings is 1. The second kappa shape index (κ2) is 3.17. The standard InChI is InChI=1S/C9H6F2N2O/c1-5-12-9(14-13-5)8-6(10)3-2-4-7(8)11/h2-4H,1H3. The summed E-state index contributed by atoms with van der Waals surface area (Å²) >= 11 is 0. The van der Waals surface area contributed by atoms with Crippen LogP contribution in [0.5, 0.6) is 0 Å². The van der Waals surface area contributed by atoms with Gasteiger partial charge in [0.15, 0.2) is 5.82 Å². The molecular weight excluding hydrogens is 190 g/mol. The Labute approximate surface area is 78.4 Å². The van der Waals surface area contributed by atoms with E-state index in [1.54, 1.807) is 6.92 Å². The van der Waals surface area contributed by atoms with E-state index in [0.29, 0.717) is 5.82 Å². The molecule has 2 aromatic rings. The van der Waals surface area contributed by atoms with Gasteiger partial charge in [0, 0.05) is 0 Å². The molecule has 3 nitrogen and oxygen atoms in total. The van der Waals surface area contributed by atoms with Gasteiger partial charge in [-0.05, 0) is 19.1 Å². The molecule has 0 saturated carbocycles. The summed E-state index contributed by atoms with van der Waals surface area (Å²) < 4.78 is 31.0. The molecule has 0 aliphatic carbocycles. The van der Waals surface area contributed by atoms with Gasteiger partial charge in [-0.1, -0.05) is 11.2 Å². The summed E-state index contributed by atoms with van der Waals surface area (Å²) in [5.41, 5.74) is -0.284. The quantitative estimate of drug-likeness (QED) is 0.702. The first-order valence-corrected chi connectivity index (χ1v) is 3.93. The Balaban J connectivity index is 2.61. The molecule has 0 aliphatic heterocycles. The molecule has 0 fully saturated rings. The number of hydrogen-bond donors (Lipinski definition) is 0. The van der Waals surface area contributed by atoms with E-state index in [1.807, 2.05) is 0 Å². The van der Waals surface area contributed by atoms with Gasteiger partial charge in [-0.25, -0.2) is 8.78 Å². The Hall–Kier alpha value is -1.78. The summed E-state index contributed by atoms with van der Waals surface area (Å²) in [7, 11) is 0. The topological polar surface area (TPSA) is 38.9 Å². The molecule has 0 aliphatic rings. The molecule has 0 amide bonds. The molecule has 0 spiro atoms. The summed E-state index contributed by atoms with van der Waals surface area (Å²) in [5.74, 6) is -1.23. The Morgan fingerprint density at radius 1 is 1.21 bits per heavy atom. The average molecular weight is 196 g/mol. The van der Waals surface area contributed by atoms with Gasteiger partial charge in [0.25, 0.3) is 5.89 Å². The van der Waals surface area contributed by atoms with Gasteiger partial charge >= 0.3 is 0 Å². The van der Waals surface area contributed by atoms with Crippen LogP contribution in [0.3, 0.4) is 0 Å². The molecule has 5 heteroatoms. The molecule has 1 aromatic heterocycles. The van der Waals surface area contributed by atoms with E-state index in [9.17, 15) is 8.78 Å². The van der Waals surface area contributed by atoms with E-state index >= 15 is 0 Å². The Bertz CT molecular complexity index is 447. The maximum absolute atomic E-state index is 13.2. The van der Waals surface area contributed by atoms with E-state index in [0.717, 1.165) is 12.1 Å². The molecule has 0 saturated heterocycles. The number of halogens is 2. The highest BCUT2D eigenvalue weighted by Crippen LogP contribution is 2.23. The number of aryl methyl sites for hydroxylation is 1. The van der Waals surface area contributed by atoms with Crippen molar-refractivity contribution < 1.29 is 13.3 Å². The first-order chi connectivity index (χ1) is 6.68. The van der Waals surface area contributed by atoms with Crippen molar-refractivity contribution in [3.05, 3.63) is 35.7 Å². The lowest BCUT2D eigenvalue weighted by Gasteiger charge is -1.97. The van der Waals surface area contributed by atoms with Crippen LogP contribution in [0, 0.1) is 18.6 Å². The number of nitrogens with zero attached hydrogens (tertiary/aromatic N) is 2. The third kappa shape index (κ3) is 1.37. The lowest BCUT2D eigenvalue weighted by molar-refractivity contribution is 0.420. The molecule has 2 rings (SSSR count). The van der Waals surface area contributed by atoms with Crippen LogP contribution in [0.4, 0.5) is 8.78 Å². The number of hydrogen-bond acceptors (Lipinski definition) is 3. The Morgan fingerprint density at radius 3 is 2.36 bits per heavy atom. The fourth-order valence-corrected chi connectivity index (χ4v) is 1.10. The molecule has 0 unspecified atom stereocenters. The van der Waals surface area contributed by atoms with E-state index in [4.69, 9.17) is 0 Å². The fourth-order valence-electron chi connectivity index (χ4n) is 1.10. The summed E-state index contributed by atoms with van der Waals surface area (Å²) in [6.07, 6.45) is 0. The van der Waals surface area contributed by atoms with Crippen molar-refractivity contribution in [1.29, 1.82) is 0 Å². The summed E-state index contributed by atoms with van der Waals surface area (Å²) in [5, 5.41) is 3.46. The van der Waals surface area contributed by atoms with Crippen LogP contribution in [-0.2, 0) is 0 Å². The third-order valence-corrected chi connectivity index (χ3v) is 1.70. The molecule has 72 valence electrons. The minimum Gasteiger partial charge on any atom is -0.334 e. The predicted molar refractivity (Wildman–Crippen MR) is 44.4 cm³/mol. The zero-order valence-electron chi connectivity index (χ0n) is 7.29. The first kappa shape index (κ1) is 8.80. The number of rotatable bonds is 1. The second-order valence-corrected chi connectivity index (χ2v) is 2.74. The van der Waals surface area contributed by atoms with Crippen LogP contribution < -0.4 is 0 Å². The predicted octanol–water partition coefficient (Wildman–Crippen LogP) is 2.32. The van der Waals surface area contributed by atoms with E-state index in [2.05, 4.69) is 14.7 Å². The first-order valence-electron chi connectivity index (χ1n) is 3.93. The summed E-state index contributed by atoms with van der Waals surface area (Å²) in [6.45, 7) is 1.58. The molecule has 1 aromatic carbocycles. The molecule has 0 atom stereocenters. The van der Waals surface area contributed by atoms with Crippen LogP contribution in [0.25, 0.3) is 11.5 Å². The lowest BCUT2D eigenvalue weighted by Crippen LogP contribution is -1.89. The monoisotopic (exact) mass is 196 g/mol. The highest BCUT2D eigenvalue weighted by atomic mass is 19.1. The molecular formula is C9H6F2N2O. The smallest absolute Gasteiger partial charge is 0.263 e. The van der Waals surface area contributed by atoms with Crippen molar-refractivity contribution >= 4 is 0 Å². The molecule has 14 heavy (non-hydrogen) atoms. The van der Waals surface area contributed by atoms with Gasteiger partial charge in [-0.2, -0.15) is 4.98 Å². The molecule has 0 bridgehead atoms. The highest BCUT2D eigenvalue weighted by Gasteiger charge is 2.16. The van der Waals surface area contributed by atoms with Gasteiger partial charge in [0.1, 0.15) is 17.2 Å². The van der Waals surface area contributed by atoms with Gasteiger partial charge in [0.2, 0.25) is 0 Å². The normalized spacial score (nSPS) is 10.5. The SMILES string of the molecule is Cc1noc(-c2c(F)cccc2F)n1. The molecule has 1 heterocycles. The fraction of sp³-hybridized carbons (Fsp3) is 0.111. The number of aromatic nitrogens is 2. The van der Waals surface area contributed by atoms with Crippen molar-refractivity contribution in [2.24, 2.45) is 0 Å². The maximum atomic E-state index is 13.2. The van der Waals surface area contributed by atoms with Gasteiger partial charge in [-0.15, -0.1) is 0 Å². The molecule has 0 radical (unpaired) electrons. The van der Waals surface area contributed by atoms with Crippen LogP contribution in [0.2, 0.25) is 0 Å². The van der Waals surface area contributed by atoms with Crippen molar-refractivity contribution in [3.63, 3.8) is 0 Å². The van der Waals surface area contributed by atoms with Gasteiger partial charge < -0.3 is 4.52 Å². The van der Waals surface area contributed by atoms with Crippen molar-refractivity contribution in [1.82, 2.24) is 10.1 Å². The minimum atomic E-state index is -0.714. The van der Waals surface area contributed by atoms with Crippen molar-refractivity contribution in [3.8, 4) is 11.5 Å². The average Bonchev–Trinajstić information content (AvgIpc) is 2.51. The van der Waals surface area contributed by atoms with E-state index in [-0.39, 0.29) is 11.5 Å². The third-order valence-electron chi connectivity index (χ3n) is 1.70. The largest absolute Gasteiger partial charge is 0.334 e. The summed E-state index contributed by atoms with van der Waals surface area (Å²) in [4.78, 5) is 3.74. The zero-order chi connectivity index (χ0) is 10.1. The zero-order valence-corrected chi connectivity index (χ0v) is 7.29. The minimum absolute atomic E-state index is 0.141. The van der Waals surface area contributed by atoms with Crippen molar-refractivity contribution in [2.75, 3.05) is 0 Å². The maximum Gasteiger partial charge on any atom is 0.263 e. The van der Waals surface area contributed by atoms with Gasteiger partial charge in [0.05, 0.1) is 0 Å². The lowest BCUT2D eigenvalue weighted by atomic mass is 10.2. The Kier molecular flexibility index (Phi) is 1.99. The van der Waals surface area contributed by atoms with Crippen LogP contribution >= 0.6 is 0 Å². The molecule has 0 N–H and O–H groups in total. The highest BCUT2D eigenvalue weighted by molar-refractivity contribution is 5.54. The van der Waals surface area contributed by atoms with E-state index < -0.39 is 11.6 Å². The van der Waals surface area contributed by atoms with Crippen molar-refractivity contribution in [2.45, 2.75) is 6.92 Å². The Morgan fingerprint density at radius 2 is 1.86 bits per heavy atom. The van der Waals surface area contributed by atoms with E-state index in [1.165, 1.54) is 6.07 Å². The van der Waals surface area contributed by atoms with Crippen LogP contribution in [0.15, 0.2) is 22.7 Å². The second-order valence-electron chi connectivity index (χ2n) is 2.74. The van der Waals surface area contributed by atoms with Gasteiger partial charge in [-0.3, -0.25) is 0 Å². The van der Waals surface area contributed by atoms with Crippen LogP contribution in [-0.4, -0.2) is 10.1 Å².